The van der Waals surface area contributed by atoms with E-state index in [1.165, 1.54) is 0 Å². The molecule has 0 saturated heterocycles. The van der Waals surface area contributed by atoms with Crippen molar-refractivity contribution in [2.24, 2.45) is 16.7 Å². The molecule has 4 heteroatoms. The first-order valence-electron chi connectivity index (χ1n) is 7.34. The summed E-state index contributed by atoms with van der Waals surface area (Å²) >= 11 is 0. The fourth-order valence-electron chi connectivity index (χ4n) is 3.25. The van der Waals surface area contributed by atoms with Gasteiger partial charge in [0.05, 0.1) is 5.41 Å². The summed E-state index contributed by atoms with van der Waals surface area (Å²) in [4.78, 5) is 24.0. The number of benzene rings is 1. The molecule has 2 rings (SSSR count). The van der Waals surface area contributed by atoms with E-state index in [-0.39, 0.29) is 11.8 Å². The van der Waals surface area contributed by atoms with Crippen LogP contribution in [-0.4, -0.2) is 17.0 Å². The Bertz CT molecular complexity index is 538. The lowest BCUT2D eigenvalue weighted by atomic mass is 9.65. The van der Waals surface area contributed by atoms with E-state index in [1.807, 2.05) is 44.2 Å². The molecule has 114 valence electrons. The maximum Gasteiger partial charge on any atom is 0.309 e. The molecule has 1 saturated carbocycles. The zero-order valence-corrected chi connectivity index (χ0v) is 12.8. The lowest BCUT2D eigenvalue weighted by molar-refractivity contribution is -0.155. The summed E-state index contributed by atoms with van der Waals surface area (Å²) in [6.45, 7) is 6.01. The Morgan fingerprint density at radius 3 is 2.38 bits per heavy atom. The number of carbonyl (C=O) groups excluding carboxylic acids is 1. The summed E-state index contributed by atoms with van der Waals surface area (Å²) in [5.41, 5.74) is -0.357. The topological polar surface area (TPSA) is 66.4 Å². The highest BCUT2D eigenvalue weighted by Gasteiger charge is 2.58. The van der Waals surface area contributed by atoms with Gasteiger partial charge in [-0.2, -0.15) is 0 Å². The SMILES string of the molecule is CC1(C)[C@@H](C(=O)NCc2ccccc2)CC[C@@]1(C)C(=O)O. The minimum Gasteiger partial charge on any atom is -0.481 e. The molecular formula is C17H23NO3. The van der Waals surface area contributed by atoms with E-state index in [9.17, 15) is 14.7 Å². The first-order chi connectivity index (χ1) is 9.79. The molecule has 1 aromatic carbocycles. The van der Waals surface area contributed by atoms with Crippen LogP contribution in [0.4, 0.5) is 0 Å². The Balaban J connectivity index is 2.05. The van der Waals surface area contributed by atoms with Gasteiger partial charge in [0.15, 0.2) is 0 Å². The van der Waals surface area contributed by atoms with E-state index in [0.717, 1.165) is 5.56 Å². The summed E-state index contributed by atoms with van der Waals surface area (Å²) in [7, 11) is 0. The van der Waals surface area contributed by atoms with Crippen LogP contribution in [0.2, 0.25) is 0 Å². The maximum absolute atomic E-state index is 12.4. The molecule has 1 amide bonds. The van der Waals surface area contributed by atoms with Crippen LogP contribution in [0.3, 0.4) is 0 Å². The number of carbonyl (C=O) groups is 2. The molecule has 1 aliphatic rings. The van der Waals surface area contributed by atoms with Gasteiger partial charge in [0, 0.05) is 12.5 Å². The Hall–Kier alpha value is -1.84. The number of hydrogen-bond acceptors (Lipinski definition) is 2. The third-order valence-electron chi connectivity index (χ3n) is 5.32. The van der Waals surface area contributed by atoms with Gasteiger partial charge in [0.1, 0.15) is 0 Å². The number of amides is 1. The summed E-state index contributed by atoms with van der Waals surface area (Å²) in [5, 5.41) is 12.4. The average molecular weight is 289 g/mol. The molecule has 0 unspecified atom stereocenters. The molecule has 0 bridgehead atoms. The molecule has 1 aliphatic carbocycles. The highest BCUT2D eigenvalue weighted by Crippen LogP contribution is 2.56. The van der Waals surface area contributed by atoms with Gasteiger partial charge in [-0.15, -0.1) is 0 Å². The number of carboxylic acid groups (broad SMARTS) is 1. The molecule has 4 nitrogen and oxygen atoms in total. The van der Waals surface area contributed by atoms with Crippen LogP contribution >= 0.6 is 0 Å². The highest BCUT2D eigenvalue weighted by molar-refractivity contribution is 5.83. The van der Waals surface area contributed by atoms with Gasteiger partial charge in [-0.1, -0.05) is 44.2 Å². The third kappa shape index (κ3) is 2.67. The van der Waals surface area contributed by atoms with Crippen LogP contribution in [0.1, 0.15) is 39.2 Å². The van der Waals surface area contributed by atoms with E-state index >= 15 is 0 Å². The summed E-state index contributed by atoms with van der Waals surface area (Å²) < 4.78 is 0. The van der Waals surface area contributed by atoms with Gasteiger partial charge in [-0.25, -0.2) is 0 Å². The summed E-state index contributed by atoms with van der Waals surface area (Å²) in [6, 6.07) is 9.72. The van der Waals surface area contributed by atoms with Crippen LogP contribution in [0.25, 0.3) is 0 Å². The van der Waals surface area contributed by atoms with Crippen molar-refractivity contribution < 1.29 is 14.7 Å². The number of carboxylic acids is 1. The molecule has 0 heterocycles. The lowest BCUT2D eigenvalue weighted by Gasteiger charge is -2.37. The van der Waals surface area contributed by atoms with Crippen molar-refractivity contribution in [3.8, 4) is 0 Å². The second kappa shape index (κ2) is 5.51. The fourth-order valence-corrected chi connectivity index (χ4v) is 3.25. The highest BCUT2D eigenvalue weighted by atomic mass is 16.4. The Kier molecular flexibility index (Phi) is 4.08. The fraction of sp³-hybridized carbons (Fsp3) is 0.529. The smallest absolute Gasteiger partial charge is 0.309 e. The van der Waals surface area contributed by atoms with Gasteiger partial charge in [0.2, 0.25) is 5.91 Å². The molecule has 1 fully saturated rings. The van der Waals surface area contributed by atoms with E-state index in [0.29, 0.717) is 19.4 Å². The normalized spacial score (nSPS) is 27.3. The zero-order chi connectivity index (χ0) is 15.7. The van der Waals surface area contributed by atoms with E-state index in [2.05, 4.69) is 5.32 Å². The second-order valence-corrected chi connectivity index (χ2v) is 6.65. The van der Waals surface area contributed by atoms with Crippen LogP contribution < -0.4 is 5.32 Å². The predicted molar refractivity (Wildman–Crippen MR) is 80.5 cm³/mol. The van der Waals surface area contributed by atoms with Crippen LogP contribution in [0, 0.1) is 16.7 Å². The standard InChI is InChI=1S/C17H23NO3/c1-16(2)13(9-10-17(16,3)15(20)21)14(19)18-11-12-7-5-4-6-8-12/h4-8,13H,9-11H2,1-3H3,(H,18,19)(H,20,21)/t13-,17+/m1/s1. The Morgan fingerprint density at radius 2 is 1.86 bits per heavy atom. The monoisotopic (exact) mass is 289 g/mol. The first-order valence-corrected chi connectivity index (χ1v) is 7.34. The molecule has 0 aliphatic heterocycles. The molecule has 2 N–H and O–H groups in total. The number of nitrogens with one attached hydrogen (secondary N) is 1. The van der Waals surface area contributed by atoms with Gasteiger partial charge in [-0.05, 0) is 30.7 Å². The molecule has 0 radical (unpaired) electrons. The number of aliphatic carboxylic acids is 1. The van der Waals surface area contributed by atoms with E-state index in [4.69, 9.17) is 0 Å². The minimum absolute atomic E-state index is 0.0474. The van der Waals surface area contributed by atoms with E-state index in [1.54, 1.807) is 6.92 Å². The second-order valence-electron chi connectivity index (χ2n) is 6.65. The van der Waals surface area contributed by atoms with Crippen molar-refractivity contribution in [2.45, 2.75) is 40.2 Å². The molecule has 0 spiro atoms. The third-order valence-corrected chi connectivity index (χ3v) is 5.32. The first kappa shape index (κ1) is 15.5. The Labute approximate surface area is 125 Å². The Morgan fingerprint density at radius 1 is 1.24 bits per heavy atom. The van der Waals surface area contributed by atoms with Crippen molar-refractivity contribution >= 4 is 11.9 Å². The average Bonchev–Trinajstić information content (AvgIpc) is 2.69. The molecule has 21 heavy (non-hydrogen) atoms. The van der Waals surface area contributed by atoms with Crippen LogP contribution in [-0.2, 0) is 16.1 Å². The van der Waals surface area contributed by atoms with E-state index < -0.39 is 16.8 Å². The molecular weight excluding hydrogens is 266 g/mol. The van der Waals surface area contributed by atoms with Crippen LogP contribution in [0.15, 0.2) is 30.3 Å². The minimum atomic E-state index is -0.845. The van der Waals surface area contributed by atoms with Crippen molar-refractivity contribution in [3.63, 3.8) is 0 Å². The van der Waals surface area contributed by atoms with Gasteiger partial charge >= 0.3 is 5.97 Å². The van der Waals surface area contributed by atoms with Crippen molar-refractivity contribution in [1.29, 1.82) is 0 Å². The van der Waals surface area contributed by atoms with Gasteiger partial charge in [-0.3, -0.25) is 9.59 Å². The zero-order valence-electron chi connectivity index (χ0n) is 12.8. The maximum atomic E-state index is 12.4. The lowest BCUT2D eigenvalue weighted by Crippen LogP contribution is -2.45. The predicted octanol–water partition coefficient (Wildman–Crippen LogP) is 2.83. The number of rotatable bonds is 4. The number of hydrogen-bond donors (Lipinski definition) is 2. The van der Waals surface area contributed by atoms with Crippen molar-refractivity contribution in [3.05, 3.63) is 35.9 Å². The van der Waals surface area contributed by atoms with Crippen LogP contribution in [0.5, 0.6) is 0 Å². The summed E-state index contributed by atoms with van der Waals surface area (Å²) in [6.07, 6.45) is 1.16. The summed E-state index contributed by atoms with van der Waals surface area (Å²) in [5.74, 6) is -1.12. The molecule has 1 aromatic rings. The largest absolute Gasteiger partial charge is 0.481 e. The van der Waals surface area contributed by atoms with Gasteiger partial charge < -0.3 is 10.4 Å². The van der Waals surface area contributed by atoms with Gasteiger partial charge in [0.25, 0.3) is 0 Å². The molecule has 2 atom stereocenters. The van der Waals surface area contributed by atoms with Crippen molar-refractivity contribution in [2.75, 3.05) is 0 Å². The van der Waals surface area contributed by atoms with Crippen molar-refractivity contribution in [1.82, 2.24) is 5.32 Å². The quantitative estimate of drug-likeness (QED) is 0.895. The molecule has 0 aromatic heterocycles.